The maximum Gasteiger partial charge on any atom is 0.150 e. The molecular weight excluding hydrogens is 418 g/mol. The van der Waals surface area contributed by atoms with Gasteiger partial charge in [-0.15, -0.1) is 0 Å². The van der Waals surface area contributed by atoms with E-state index >= 15 is 0 Å². The van der Waals surface area contributed by atoms with Crippen molar-refractivity contribution in [2.45, 2.75) is 71.6 Å². The van der Waals surface area contributed by atoms with Gasteiger partial charge in [0.15, 0.2) is 0 Å². The van der Waals surface area contributed by atoms with Gasteiger partial charge in [0, 0.05) is 29.1 Å². The first-order valence-electron chi connectivity index (χ1n) is 12.6. The number of nitrogens with zero attached hydrogens (tertiary/aromatic N) is 1. The third-order valence-electron chi connectivity index (χ3n) is 6.47. The molecule has 0 spiro atoms. The largest absolute Gasteiger partial charge is 0.489 e. The van der Waals surface area contributed by atoms with Crippen molar-refractivity contribution in [3.05, 3.63) is 101 Å². The highest BCUT2D eigenvalue weighted by molar-refractivity contribution is 5.76. The molecule has 0 N–H and O–H groups in total. The Morgan fingerprint density at radius 1 is 0.824 bits per heavy atom. The first kappa shape index (κ1) is 25.7. The number of unbranched alkanes of at least 4 members (excludes halogenated alkanes) is 1. The first-order chi connectivity index (χ1) is 16.5. The number of rotatable bonds is 13. The van der Waals surface area contributed by atoms with Crippen LogP contribution in [0.1, 0.15) is 79.9 Å². The minimum Gasteiger partial charge on any atom is -0.489 e. The average Bonchev–Trinajstić information content (AvgIpc) is 2.85. The molecule has 34 heavy (non-hydrogen) atoms. The highest BCUT2D eigenvalue weighted by atomic mass is 16.5. The molecule has 180 valence electrons. The van der Waals surface area contributed by atoms with Crippen LogP contribution in [0.25, 0.3) is 0 Å². The Balaban J connectivity index is 1.82. The van der Waals surface area contributed by atoms with E-state index in [4.69, 9.17) is 4.74 Å². The van der Waals surface area contributed by atoms with Gasteiger partial charge in [-0.1, -0.05) is 67.1 Å². The Bertz CT molecular complexity index is 990. The van der Waals surface area contributed by atoms with Gasteiger partial charge in [-0.2, -0.15) is 0 Å². The maximum atomic E-state index is 11.6. The molecule has 0 aliphatic rings. The van der Waals surface area contributed by atoms with Gasteiger partial charge < -0.3 is 4.74 Å². The van der Waals surface area contributed by atoms with Gasteiger partial charge in [-0.3, -0.25) is 9.69 Å². The van der Waals surface area contributed by atoms with Crippen LogP contribution in [0.3, 0.4) is 0 Å². The van der Waals surface area contributed by atoms with Crippen molar-refractivity contribution < 1.29 is 9.53 Å². The summed E-state index contributed by atoms with van der Waals surface area (Å²) in [5, 5.41) is 0. The monoisotopic (exact) mass is 457 g/mol. The van der Waals surface area contributed by atoms with Crippen molar-refractivity contribution in [3.63, 3.8) is 0 Å². The predicted molar refractivity (Wildman–Crippen MR) is 142 cm³/mol. The van der Waals surface area contributed by atoms with Crippen LogP contribution in [-0.2, 0) is 6.61 Å². The molecule has 0 saturated heterocycles. The Labute approximate surface area is 205 Å². The molecule has 0 aliphatic heterocycles. The van der Waals surface area contributed by atoms with Crippen molar-refractivity contribution in [3.8, 4) is 5.75 Å². The van der Waals surface area contributed by atoms with Gasteiger partial charge in [0.2, 0.25) is 0 Å². The van der Waals surface area contributed by atoms with E-state index in [1.807, 2.05) is 36.4 Å². The van der Waals surface area contributed by atoms with Gasteiger partial charge in [0.25, 0.3) is 0 Å². The average molecular weight is 458 g/mol. The minimum absolute atomic E-state index is 0.179. The van der Waals surface area contributed by atoms with E-state index < -0.39 is 0 Å². The summed E-state index contributed by atoms with van der Waals surface area (Å²) in [5.74, 6) is 1.03. The van der Waals surface area contributed by atoms with Gasteiger partial charge in [-0.05, 0) is 76.4 Å². The van der Waals surface area contributed by atoms with Crippen LogP contribution in [-0.4, -0.2) is 29.8 Å². The normalized spacial score (nSPS) is 12.3. The number of carbonyl (C=O) groups is 1. The second-order valence-electron chi connectivity index (χ2n) is 9.57. The fourth-order valence-electron chi connectivity index (χ4n) is 4.72. The lowest BCUT2D eigenvalue weighted by Crippen LogP contribution is -2.37. The molecule has 3 aromatic rings. The van der Waals surface area contributed by atoms with Crippen LogP contribution < -0.4 is 4.74 Å². The summed E-state index contributed by atoms with van der Waals surface area (Å²) in [7, 11) is 0. The van der Waals surface area contributed by atoms with E-state index in [0.29, 0.717) is 24.3 Å². The lowest BCUT2D eigenvalue weighted by Gasteiger charge is -2.30. The molecule has 0 heterocycles. The number of benzene rings is 3. The van der Waals surface area contributed by atoms with Gasteiger partial charge in [0.1, 0.15) is 18.6 Å². The third-order valence-corrected chi connectivity index (χ3v) is 6.47. The summed E-state index contributed by atoms with van der Waals surface area (Å²) in [5.41, 5.74) is 4.18. The van der Waals surface area contributed by atoms with E-state index in [9.17, 15) is 4.79 Å². The maximum absolute atomic E-state index is 11.6. The van der Waals surface area contributed by atoms with Crippen molar-refractivity contribution in [1.29, 1.82) is 0 Å². The molecule has 0 fully saturated rings. The second-order valence-corrected chi connectivity index (χ2v) is 9.57. The third kappa shape index (κ3) is 7.30. The van der Waals surface area contributed by atoms with E-state index in [1.54, 1.807) is 0 Å². The summed E-state index contributed by atoms with van der Waals surface area (Å²) in [6.07, 6.45) is 4.19. The lowest BCUT2D eigenvalue weighted by molar-refractivity contribution is 0.112. The van der Waals surface area contributed by atoms with Gasteiger partial charge in [0.05, 0.1) is 0 Å². The molecule has 3 rings (SSSR count). The number of carbonyl (C=O) groups excluding carboxylic acids is 1. The van der Waals surface area contributed by atoms with Crippen molar-refractivity contribution >= 4 is 6.29 Å². The second kappa shape index (κ2) is 13.1. The molecule has 1 atom stereocenters. The summed E-state index contributed by atoms with van der Waals surface area (Å²) >= 11 is 0. The van der Waals surface area contributed by atoms with Crippen LogP contribution in [0.2, 0.25) is 0 Å². The number of hydrogen-bond acceptors (Lipinski definition) is 3. The SMILES string of the molecule is CC(C)N(CCCC[C@H](c1ccccc1)c1cc(C=O)ccc1OCc1ccccc1)C(C)C. The van der Waals surface area contributed by atoms with Crippen molar-refractivity contribution in [2.24, 2.45) is 0 Å². The number of hydrogen-bond donors (Lipinski definition) is 0. The molecule has 0 aromatic heterocycles. The van der Waals surface area contributed by atoms with Crippen LogP contribution in [0.15, 0.2) is 78.9 Å². The zero-order valence-electron chi connectivity index (χ0n) is 21.1. The van der Waals surface area contributed by atoms with E-state index in [1.165, 1.54) is 5.56 Å². The summed E-state index contributed by atoms with van der Waals surface area (Å²) in [6, 6.07) is 27.7. The topological polar surface area (TPSA) is 29.5 Å². The zero-order chi connectivity index (χ0) is 24.3. The first-order valence-corrected chi connectivity index (χ1v) is 12.6. The van der Waals surface area contributed by atoms with Gasteiger partial charge >= 0.3 is 0 Å². The molecule has 3 nitrogen and oxygen atoms in total. The quantitative estimate of drug-likeness (QED) is 0.197. The summed E-state index contributed by atoms with van der Waals surface area (Å²) in [4.78, 5) is 14.2. The molecule has 3 heteroatoms. The lowest BCUT2D eigenvalue weighted by atomic mass is 9.85. The predicted octanol–water partition coefficient (Wildman–Crippen LogP) is 7.50. The summed E-state index contributed by atoms with van der Waals surface area (Å²) < 4.78 is 6.31. The Morgan fingerprint density at radius 2 is 1.47 bits per heavy atom. The number of ether oxygens (including phenoxy) is 1. The Kier molecular flexibility index (Phi) is 9.90. The number of aldehydes is 1. The van der Waals surface area contributed by atoms with Crippen molar-refractivity contribution in [2.75, 3.05) is 6.54 Å². The van der Waals surface area contributed by atoms with Crippen molar-refractivity contribution in [1.82, 2.24) is 4.90 Å². The molecule has 0 unspecified atom stereocenters. The Hall–Kier alpha value is -2.91. The minimum atomic E-state index is 0.179. The van der Waals surface area contributed by atoms with E-state index in [0.717, 1.165) is 49.0 Å². The highest BCUT2D eigenvalue weighted by Crippen LogP contribution is 2.36. The smallest absolute Gasteiger partial charge is 0.150 e. The van der Waals surface area contributed by atoms with E-state index in [-0.39, 0.29) is 5.92 Å². The molecule has 0 amide bonds. The fraction of sp³-hybridized carbons (Fsp3) is 0.387. The van der Waals surface area contributed by atoms with Crippen LogP contribution >= 0.6 is 0 Å². The fourth-order valence-corrected chi connectivity index (χ4v) is 4.72. The Morgan fingerprint density at radius 3 is 2.09 bits per heavy atom. The molecule has 0 bridgehead atoms. The standard InChI is InChI=1S/C31H39NO2/c1-24(2)32(25(3)4)20-12-11-17-29(28-15-9-6-10-16-28)30-21-27(22-33)18-19-31(30)34-23-26-13-7-5-8-14-26/h5-10,13-16,18-19,21-22,24-25,29H,11-12,17,20,23H2,1-4H3/t29-/m1/s1. The molecular formula is C31H39NO2. The molecule has 3 aromatic carbocycles. The highest BCUT2D eigenvalue weighted by Gasteiger charge is 2.20. The zero-order valence-corrected chi connectivity index (χ0v) is 21.1. The molecule has 0 aliphatic carbocycles. The van der Waals surface area contributed by atoms with Crippen LogP contribution in [0, 0.1) is 0 Å². The molecule has 0 saturated carbocycles. The molecule has 0 radical (unpaired) electrons. The van der Waals surface area contributed by atoms with E-state index in [2.05, 4.69) is 75.1 Å². The van der Waals surface area contributed by atoms with Crippen LogP contribution in [0.4, 0.5) is 0 Å². The summed E-state index contributed by atoms with van der Waals surface area (Å²) in [6.45, 7) is 10.7. The van der Waals surface area contributed by atoms with Gasteiger partial charge in [-0.25, -0.2) is 0 Å². The van der Waals surface area contributed by atoms with Crippen LogP contribution in [0.5, 0.6) is 5.75 Å².